The lowest BCUT2D eigenvalue weighted by Crippen LogP contribution is -2.22. The summed E-state index contributed by atoms with van der Waals surface area (Å²) >= 11 is 1.33. The van der Waals surface area contributed by atoms with E-state index >= 15 is 0 Å². The number of aryl methyl sites for hydroxylation is 1. The lowest BCUT2D eigenvalue weighted by atomic mass is 10.1. The Morgan fingerprint density at radius 2 is 2.45 bits per heavy atom. The van der Waals surface area contributed by atoms with Crippen molar-refractivity contribution in [2.24, 2.45) is 5.16 Å². The summed E-state index contributed by atoms with van der Waals surface area (Å²) in [5, 5.41) is 14.4. The molecule has 0 aromatic carbocycles. The average Bonchev–Trinajstić information content (AvgIpc) is 2.84. The quantitative estimate of drug-likeness (QED) is 0.508. The first kappa shape index (κ1) is 14.4. The molecule has 1 N–H and O–H groups in total. The van der Waals surface area contributed by atoms with Crippen LogP contribution in [0.2, 0.25) is 0 Å². The van der Waals surface area contributed by atoms with Crippen molar-refractivity contribution >= 4 is 22.8 Å². The van der Waals surface area contributed by atoms with Gasteiger partial charge in [0.1, 0.15) is 17.2 Å². The number of pyridine rings is 1. The number of hydrogen-bond donors (Lipinski definition) is 1. The molecule has 0 atom stereocenters. The highest BCUT2D eigenvalue weighted by Gasteiger charge is 2.27. The highest BCUT2D eigenvalue weighted by atomic mass is 32.2. The van der Waals surface area contributed by atoms with E-state index in [1.807, 2.05) is 6.92 Å². The van der Waals surface area contributed by atoms with Crippen LogP contribution in [0.1, 0.15) is 22.8 Å². The molecule has 1 aliphatic heterocycles. The van der Waals surface area contributed by atoms with E-state index in [1.165, 1.54) is 18.0 Å². The van der Waals surface area contributed by atoms with Gasteiger partial charge < -0.3 is 14.5 Å². The molecule has 6 nitrogen and oxygen atoms in total. The number of thioether (sulfide) groups is 1. The first-order valence-electron chi connectivity index (χ1n) is 6.05. The van der Waals surface area contributed by atoms with Crippen LogP contribution < -0.4 is 5.43 Å². The first-order valence-corrected chi connectivity index (χ1v) is 6.87. The number of hydrogen-bond acceptors (Lipinski definition) is 5. The van der Waals surface area contributed by atoms with Gasteiger partial charge in [-0.25, -0.2) is 4.79 Å². The summed E-state index contributed by atoms with van der Waals surface area (Å²) < 4.78 is 1.75. The largest absolute Gasteiger partial charge is 0.477 e. The Balaban J connectivity index is 2.42. The molecule has 0 fully saturated rings. The Morgan fingerprint density at radius 1 is 1.70 bits per heavy atom. The molecule has 106 valence electrons. The zero-order chi connectivity index (χ0) is 14.7. The van der Waals surface area contributed by atoms with Gasteiger partial charge in [-0.2, -0.15) is 0 Å². The summed E-state index contributed by atoms with van der Waals surface area (Å²) in [7, 11) is 0. The molecule has 0 bridgehead atoms. The smallest absolute Gasteiger partial charge is 0.341 e. The van der Waals surface area contributed by atoms with Gasteiger partial charge in [-0.15, -0.1) is 0 Å². The standard InChI is InChI=1S/C13H14N2O4S/c1-3-5-19-14-10-6-8-11(16)9(13(17)18)7-15(4-2)12(8)20-10/h3,7H,1,4-6H2,2H3,(H,17,18)/b14-10-. The molecule has 1 aliphatic rings. The number of aromatic carboxylic acids is 1. The third-order valence-electron chi connectivity index (χ3n) is 2.80. The highest BCUT2D eigenvalue weighted by Crippen LogP contribution is 2.32. The molecule has 0 amide bonds. The number of nitrogens with zero attached hydrogens (tertiary/aromatic N) is 2. The van der Waals surface area contributed by atoms with Gasteiger partial charge in [0.05, 0.1) is 5.03 Å². The normalized spacial score (nSPS) is 15.2. The molecular weight excluding hydrogens is 280 g/mol. The fourth-order valence-corrected chi connectivity index (χ4v) is 3.00. The maximum atomic E-state index is 12.1. The van der Waals surface area contributed by atoms with Crippen molar-refractivity contribution in [3.8, 4) is 0 Å². The van der Waals surface area contributed by atoms with Crippen LogP contribution in [0.5, 0.6) is 0 Å². The van der Waals surface area contributed by atoms with Crippen molar-refractivity contribution < 1.29 is 14.7 Å². The summed E-state index contributed by atoms with van der Waals surface area (Å²) in [6.45, 7) is 6.28. The number of oxime groups is 1. The molecule has 2 heterocycles. The maximum absolute atomic E-state index is 12.1. The average molecular weight is 294 g/mol. The van der Waals surface area contributed by atoms with Crippen LogP contribution in [0, 0.1) is 0 Å². The van der Waals surface area contributed by atoms with Gasteiger partial charge in [0.2, 0.25) is 5.43 Å². The summed E-state index contributed by atoms with van der Waals surface area (Å²) in [6, 6.07) is 0. The Kier molecular flexibility index (Phi) is 4.29. The van der Waals surface area contributed by atoms with Gasteiger partial charge in [-0.05, 0) is 6.92 Å². The minimum absolute atomic E-state index is 0.209. The monoisotopic (exact) mass is 294 g/mol. The number of carboxylic acid groups (broad SMARTS) is 1. The molecule has 2 rings (SSSR count). The lowest BCUT2D eigenvalue weighted by molar-refractivity contribution is 0.0694. The van der Waals surface area contributed by atoms with Crippen molar-refractivity contribution in [2.75, 3.05) is 6.61 Å². The van der Waals surface area contributed by atoms with Crippen LogP contribution in [-0.4, -0.2) is 27.3 Å². The Labute approximate surface area is 119 Å². The summed E-state index contributed by atoms with van der Waals surface area (Å²) in [6.07, 6.45) is 3.26. The van der Waals surface area contributed by atoms with E-state index in [-0.39, 0.29) is 5.56 Å². The molecule has 0 saturated heterocycles. The molecule has 7 heteroatoms. The third kappa shape index (κ3) is 2.62. The minimum Gasteiger partial charge on any atom is -0.477 e. The predicted octanol–water partition coefficient (Wildman–Crippen LogP) is 1.73. The van der Waals surface area contributed by atoms with Crippen LogP contribution in [0.3, 0.4) is 0 Å². The molecule has 0 unspecified atom stereocenters. The van der Waals surface area contributed by atoms with Crippen LogP contribution >= 0.6 is 11.8 Å². The topological polar surface area (TPSA) is 80.9 Å². The van der Waals surface area contributed by atoms with Crippen LogP contribution in [0.25, 0.3) is 0 Å². The Bertz CT molecular complexity index is 649. The summed E-state index contributed by atoms with van der Waals surface area (Å²) in [5.74, 6) is -1.21. The number of carboxylic acids is 1. The molecule has 0 radical (unpaired) electrons. The van der Waals surface area contributed by atoms with Crippen molar-refractivity contribution in [1.82, 2.24) is 4.57 Å². The molecular formula is C13H14N2O4S. The van der Waals surface area contributed by atoms with Crippen LogP contribution in [0.15, 0.2) is 33.8 Å². The Morgan fingerprint density at radius 3 is 3.05 bits per heavy atom. The number of rotatable bonds is 5. The van der Waals surface area contributed by atoms with Gasteiger partial charge in [0.25, 0.3) is 0 Å². The van der Waals surface area contributed by atoms with Crippen LogP contribution in [-0.2, 0) is 17.8 Å². The Hall–Kier alpha value is -2.02. The van der Waals surface area contributed by atoms with E-state index in [1.54, 1.807) is 10.6 Å². The lowest BCUT2D eigenvalue weighted by Gasteiger charge is -2.09. The molecule has 1 aromatic rings. The van der Waals surface area contributed by atoms with E-state index in [0.29, 0.717) is 30.2 Å². The fraction of sp³-hybridized carbons (Fsp3) is 0.308. The van der Waals surface area contributed by atoms with E-state index < -0.39 is 11.4 Å². The van der Waals surface area contributed by atoms with E-state index in [0.717, 1.165) is 5.03 Å². The molecule has 0 saturated carbocycles. The minimum atomic E-state index is -1.21. The van der Waals surface area contributed by atoms with Gasteiger partial charge in [-0.1, -0.05) is 29.6 Å². The first-order chi connectivity index (χ1) is 9.58. The van der Waals surface area contributed by atoms with Crippen LogP contribution in [0.4, 0.5) is 0 Å². The maximum Gasteiger partial charge on any atom is 0.341 e. The number of carbonyl (C=O) groups is 1. The molecule has 0 aliphatic carbocycles. The SMILES string of the molecule is C=CCO/N=C1/Cc2c(n(CC)cc(C(=O)O)c2=O)S1. The zero-order valence-electron chi connectivity index (χ0n) is 11.0. The van der Waals surface area contributed by atoms with Crippen molar-refractivity contribution in [2.45, 2.75) is 24.9 Å². The van der Waals surface area contributed by atoms with Gasteiger partial charge >= 0.3 is 5.97 Å². The second-order valence-electron chi connectivity index (χ2n) is 4.10. The highest BCUT2D eigenvalue weighted by molar-refractivity contribution is 8.14. The second-order valence-corrected chi connectivity index (χ2v) is 5.16. The predicted molar refractivity (Wildman–Crippen MR) is 76.5 cm³/mol. The molecule has 0 spiro atoms. The second kappa shape index (κ2) is 5.96. The van der Waals surface area contributed by atoms with Crippen molar-refractivity contribution in [3.63, 3.8) is 0 Å². The van der Waals surface area contributed by atoms with Crippen molar-refractivity contribution in [1.29, 1.82) is 0 Å². The zero-order valence-corrected chi connectivity index (χ0v) is 11.8. The van der Waals surface area contributed by atoms with Gasteiger partial charge in [0, 0.05) is 24.7 Å². The van der Waals surface area contributed by atoms with Gasteiger partial charge in [-0.3, -0.25) is 4.79 Å². The summed E-state index contributed by atoms with van der Waals surface area (Å²) in [5.41, 5.74) is -0.184. The van der Waals surface area contributed by atoms with E-state index in [4.69, 9.17) is 9.94 Å². The van der Waals surface area contributed by atoms with E-state index in [2.05, 4.69) is 11.7 Å². The summed E-state index contributed by atoms with van der Waals surface area (Å²) in [4.78, 5) is 28.2. The number of aromatic nitrogens is 1. The van der Waals surface area contributed by atoms with E-state index in [9.17, 15) is 9.59 Å². The fourth-order valence-electron chi connectivity index (χ4n) is 1.88. The number of fused-ring (bicyclic) bond motifs is 1. The molecule has 20 heavy (non-hydrogen) atoms. The third-order valence-corrected chi connectivity index (χ3v) is 3.92. The van der Waals surface area contributed by atoms with Crippen molar-refractivity contribution in [3.05, 3.63) is 40.2 Å². The van der Waals surface area contributed by atoms with Gasteiger partial charge in [0.15, 0.2) is 0 Å². The molecule has 1 aromatic heterocycles.